The summed E-state index contributed by atoms with van der Waals surface area (Å²) in [5.74, 6) is 0.923. The predicted molar refractivity (Wildman–Crippen MR) is 74.3 cm³/mol. The summed E-state index contributed by atoms with van der Waals surface area (Å²) in [6.07, 6.45) is 0. The Morgan fingerprint density at radius 2 is 1.95 bits per heavy atom. The van der Waals surface area contributed by atoms with Gasteiger partial charge >= 0.3 is 0 Å². The van der Waals surface area contributed by atoms with Crippen LogP contribution in [0.5, 0.6) is 0 Å². The fraction of sp³-hybridized carbons (Fsp3) is 0.286. The Balaban J connectivity index is 2.19. The van der Waals surface area contributed by atoms with Gasteiger partial charge in [0.05, 0.1) is 5.41 Å². The molecule has 4 nitrogen and oxygen atoms in total. The average Bonchev–Trinajstić information content (AvgIpc) is 2.75. The molecule has 19 heavy (non-hydrogen) atoms. The highest BCUT2D eigenvalue weighted by molar-refractivity contribution is 6.30. The molecule has 0 aliphatic heterocycles. The lowest BCUT2D eigenvalue weighted by Gasteiger charge is -2.23. The Kier molecular flexibility index (Phi) is 3.62. The van der Waals surface area contributed by atoms with Gasteiger partial charge in [0.1, 0.15) is 5.76 Å². The van der Waals surface area contributed by atoms with Crippen LogP contribution < -0.4 is 5.32 Å². The first-order valence-corrected chi connectivity index (χ1v) is 6.28. The lowest BCUT2D eigenvalue weighted by molar-refractivity contribution is -0.120. The van der Waals surface area contributed by atoms with Crippen LogP contribution in [0, 0.1) is 6.92 Å². The fourth-order valence-corrected chi connectivity index (χ4v) is 1.82. The Morgan fingerprint density at radius 1 is 1.32 bits per heavy atom. The van der Waals surface area contributed by atoms with Gasteiger partial charge in [-0.25, -0.2) is 0 Å². The summed E-state index contributed by atoms with van der Waals surface area (Å²) < 4.78 is 4.92. The Hall–Kier alpha value is -1.81. The molecule has 5 heteroatoms. The molecule has 100 valence electrons. The number of carbonyl (C=O) groups excluding carboxylic acids is 1. The number of nitrogens with zero attached hydrogens (tertiary/aromatic N) is 1. The van der Waals surface area contributed by atoms with Gasteiger partial charge in [0.2, 0.25) is 5.91 Å². The highest BCUT2D eigenvalue weighted by Gasteiger charge is 2.30. The molecule has 0 bridgehead atoms. The van der Waals surface area contributed by atoms with E-state index in [0.29, 0.717) is 16.6 Å². The van der Waals surface area contributed by atoms with Gasteiger partial charge in [-0.3, -0.25) is 4.79 Å². The van der Waals surface area contributed by atoms with Gasteiger partial charge in [0.15, 0.2) is 5.82 Å². The molecule has 1 aromatic heterocycles. The van der Waals surface area contributed by atoms with E-state index < -0.39 is 5.41 Å². The Labute approximate surface area is 116 Å². The number of amides is 1. The molecule has 2 rings (SSSR count). The largest absolute Gasteiger partial charge is 0.360 e. The first-order chi connectivity index (χ1) is 8.89. The summed E-state index contributed by atoms with van der Waals surface area (Å²) in [7, 11) is 0. The number of halogens is 1. The van der Waals surface area contributed by atoms with Gasteiger partial charge in [0.25, 0.3) is 0 Å². The second kappa shape index (κ2) is 5.05. The number of hydrogen-bond acceptors (Lipinski definition) is 3. The molecule has 0 atom stereocenters. The maximum absolute atomic E-state index is 12.3. The first kappa shape index (κ1) is 13.6. The SMILES string of the molecule is Cc1cc(NC(=O)C(C)(C)c2ccc(Cl)cc2)no1. The molecule has 1 aromatic carbocycles. The Bertz CT molecular complexity index is 588. The summed E-state index contributed by atoms with van der Waals surface area (Å²) in [4.78, 5) is 12.3. The molecule has 1 N–H and O–H groups in total. The number of aryl methyl sites for hydroxylation is 1. The van der Waals surface area contributed by atoms with Crippen LogP contribution in [0.1, 0.15) is 25.2 Å². The number of hydrogen-bond donors (Lipinski definition) is 1. The van der Waals surface area contributed by atoms with E-state index in [4.69, 9.17) is 16.1 Å². The van der Waals surface area contributed by atoms with Gasteiger partial charge in [-0.1, -0.05) is 28.9 Å². The van der Waals surface area contributed by atoms with Crippen molar-refractivity contribution < 1.29 is 9.32 Å². The molecule has 0 unspecified atom stereocenters. The number of benzene rings is 1. The van der Waals surface area contributed by atoms with Gasteiger partial charge in [-0.15, -0.1) is 0 Å². The van der Waals surface area contributed by atoms with Crippen LogP contribution in [0.4, 0.5) is 5.82 Å². The van der Waals surface area contributed by atoms with Crippen molar-refractivity contribution in [1.82, 2.24) is 5.16 Å². The maximum atomic E-state index is 12.3. The quantitative estimate of drug-likeness (QED) is 0.934. The number of carbonyl (C=O) groups is 1. The topological polar surface area (TPSA) is 55.1 Å². The van der Waals surface area contributed by atoms with Crippen LogP contribution in [0.25, 0.3) is 0 Å². The third kappa shape index (κ3) is 2.96. The van der Waals surface area contributed by atoms with Gasteiger partial charge < -0.3 is 9.84 Å². The van der Waals surface area contributed by atoms with Crippen LogP contribution in [0.2, 0.25) is 5.02 Å². The summed E-state index contributed by atoms with van der Waals surface area (Å²) in [6.45, 7) is 5.46. The van der Waals surface area contributed by atoms with Crippen molar-refractivity contribution in [2.45, 2.75) is 26.2 Å². The second-order valence-corrected chi connectivity index (χ2v) is 5.35. The van der Waals surface area contributed by atoms with Crippen molar-refractivity contribution in [1.29, 1.82) is 0 Å². The summed E-state index contributed by atoms with van der Waals surface area (Å²) in [5.41, 5.74) is 0.201. The third-order valence-electron chi connectivity index (χ3n) is 3.00. The van der Waals surface area contributed by atoms with Gasteiger partial charge in [0, 0.05) is 11.1 Å². The zero-order valence-corrected chi connectivity index (χ0v) is 11.8. The number of aromatic nitrogens is 1. The Morgan fingerprint density at radius 3 is 2.47 bits per heavy atom. The lowest BCUT2D eigenvalue weighted by atomic mass is 9.84. The number of rotatable bonds is 3. The van der Waals surface area contributed by atoms with Crippen molar-refractivity contribution in [3.63, 3.8) is 0 Å². The molecule has 0 saturated carbocycles. The van der Waals surface area contributed by atoms with Crippen LogP contribution in [-0.4, -0.2) is 11.1 Å². The summed E-state index contributed by atoms with van der Waals surface area (Å²) in [6, 6.07) is 8.90. The van der Waals surface area contributed by atoms with Crippen molar-refractivity contribution in [2.75, 3.05) is 5.32 Å². The van der Waals surface area contributed by atoms with Crippen molar-refractivity contribution in [2.24, 2.45) is 0 Å². The molecule has 1 heterocycles. The van der Waals surface area contributed by atoms with Crippen LogP contribution in [0.15, 0.2) is 34.9 Å². The minimum Gasteiger partial charge on any atom is -0.360 e. The van der Waals surface area contributed by atoms with E-state index in [1.165, 1.54) is 0 Å². The minimum absolute atomic E-state index is 0.150. The zero-order valence-electron chi connectivity index (χ0n) is 11.0. The molecule has 0 fully saturated rings. The van der Waals surface area contributed by atoms with Crippen LogP contribution in [0.3, 0.4) is 0 Å². The molecule has 0 aliphatic carbocycles. The van der Waals surface area contributed by atoms with Crippen molar-refractivity contribution in [3.05, 3.63) is 46.7 Å². The van der Waals surface area contributed by atoms with E-state index in [9.17, 15) is 4.79 Å². The molecule has 0 spiro atoms. The minimum atomic E-state index is -0.683. The molecule has 0 saturated heterocycles. The maximum Gasteiger partial charge on any atom is 0.235 e. The van der Waals surface area contributed by atoms with E-state index in [-0.39, 0.29) is 5.91 Å². The van der Waals surface area contributed by atoms with Gasteiger partial charge in [-0.05, 0) is 38.5 Å². The highest BCUT2D eigenvalue weighted by atomic mass is 35.5. The molecule has 2 aromatic rings. The van der Waals surface area contributed by atoms with E-state index in [0.717, 1.165) is 5.56 Å². The molecular formula is C14H15ClN2O2. The van der Waals surface area contributed by atoms with E-state index in [2.05, 4.69) is 10.5 Å². The van der Waals surface area contributed by atoms with Crippen molar-refractivity contribution in [3.8, 4) is 0 Å². The number of anilines is 1. The van der Waals surface area contributed by atoms with Crippen LogP contribution in [-0.2, 0) is 10.2 Å². The van der Waals surface area contributed by atoms with E-state index in [1.807, 2.05) is 26.0 Å². The first-order valence-electron chi connectivity index (χ1n) is 5.90. The molecular weight excluding hydrogens is 264 g/mol. The smallest absolute Gasteiger partial charge is 0.235 e. The second-order valence-electron chi connectivity index (χ2n) is 4.91. The van der Waals surface area contributed by atoms with Crippen molar-refractivity contribution >= 4 is 23.3 Å². The molecule has 0 radical (unpaired) electrons. The zero-order chi connectivity index (χ0) is 14.0. The van der Waals surface area contributed by atoms with E-state index >= 15 is 0 Å². The predicted octanol–water partition coefficient (Wildman–Crippen LogP) is 3.55. The number of nitrogens with one attached hydrogen (secondary N) is 1. The lowest BCUT2D eigenvalue weighted by Crippen LogP contribution is -2.34. The molecule has 1 amide bonds. The monoisotopic (exact) mass is 278 g/mol. The standard InChI is InChI=1S/C14H15ClN2O2/c1-9-8-12(17-19-9)16-13(18)14(2,3)10-4-6-11(15)7-5-10/h4-8H,1-3H3,(H,16,17,18). The average molecular weight is 279 g/mol. The third-order valence-corrected chi connectivity index (χ3v) is 3.26. The summed E-state index contributed by atoms with van der Waals surface area (Å²) >= 11 is 5.85. The van der Waals surface area contributed by atoms with Crippen LogP contribution >= 0.6 is 11.6 Å². The highest BCUT2D eigenvalue weighted by Crippen LogP contribution is 2.26. The normalized spacial score (nSPS) is 11.4. The van der Waals surface area contributed by atoms with Gasteiger partial charge in [-0.2, -0.15) is 0 Å². The van der Waals surface area contributed by atoms with E-state index in [1.54, 1.807) is 25.1 Å². The molecule has 0 aliphatic rings. The fourth-order valence-electron chi connectivity index (χ4n) is 1.70. The summed E-state index contributed by atoms with van der Waals surface area (Å²) in [5, 5.41) is 7.13.